The highest BCUT2D eigenvalue weighted by atomic mass is 16.7. The Labute approximate surface area is 218 Å². The molecule has 1 fully saturated rings. The molecule has 2 heterocycles. The second-order valence-electron chi connectivity index (χ2n) is 10.00. The van der Waals surface area contributed by atoms with E-state index in [2.05, 4.69) is 10.2 Å². The van der Waals surface area contributed by atoms with Crippen molar-refractivity contribution in [2.24, 2.45) is 0 Å². The van der Waals surface area contributed by atoms with Crippen LogP contribution in [-0.4, -0.2) is 86.3 Å². The van der Waals surface area contributed by atoms with Crippen molar-refractivity contribution in [2.75, 3.05) is 19.8 Å². The Balaban J connectivity index is 1.68. The topological polar surface area (TPSA) is 158 Å². The molecule has 1 aromatic heterocycles. The van der Waals surface area contributed by atoms with Gasteiger partial charge in [0.05, 0.1) is 13.2 Å². The smallest absolute Gasteiger partial charge is 0.238 e. The summed E-state index contributed by atoms with van der Waals surface area (Å²) in [6.07, 6.45) is -1.33. The van der Waals surface area contributed by atoms with Gasteiger partial charge >= 0.3 is 0 Å². The first-order valence-electron chi connectivity index (χ1n) is 13.1. The van der Waals surface area contributed by atoms with Gasteiger partial charge in [0.1, 0.15) is 30.2 Å². The first-order chi connectivity index (χ1) is 17.8. The summed E-state index contributed by atoms with van der Waals surface area (Å²) in [5.41, 5.74) is 3.78. The van der Waals surface area contributed by atoms with Crippen molar-refractivity contribution in [1.82, 2.24) is 10.2 Å². The lowest BCUT2D eigenvalue weighted by molar-refractivity contribution is -0.278. The second kappa shape index (κ2) is 14.1. The molecule has 0 bridgehead atoms. The van der Waals surface area contributed by atoms with Crippen molar-refractivity contribution in [3.8, 4) is 11.6 Å². The van der Waals surface area contributed by atoms with Gasteiger partial charge in [-0.2, -0.15) is 0 Å². The first-order valence-corrected chi connectivity index (χ1v) is 13.1. The van der Waals surface area contributed by atoms with Gasteiger partial charge in [-0.25, -0.2) is 0 Å². The number of aryl methyl sites for hydroxylation is 1. The standard InChI is InChI=1S/C27H42N2O8/c1-16(2)22-20(26(29-28-22)37-27-25(34)24(33)23(32)21(15-31)36-27)14-18-9-10-19(13-17(18)3)35-12-8-6-4-5-7-11-30/h9-10,13,16,21,23-25,27,30-34H,4-8,11-12,14-15H2,1-3H3,(H,28,29)/t21-,23-,24+,25-,27+/m1/s1. The highest BCUT2D eigenvalue weighted by Crippen LogP contribution is 2.32. The van der Waals surface area contributed by atoms with E-state index in [0.29, 0.717) is 13.0 Å². The van der Waals surface area contributed by atoms with Gasteiger partial charge < -0.3 is 39.7 Å². The van der Waals surface area contributed by atoms with E-state index in [-0.39, 0.29) is 18.4 Å². The summed E-state index contributed by atoms with van der Waals surface area (Å²) >= 11 is 0. The molecule has 1 saturated heterocycles. The molecule has 0 amide bonds. The summed E-state index contributed by atoms with van der Waals surface area (Å²) in [6.45, 7) is 6.44. The predicted octanol–water partition coefficient (Wildman–Crippen LogP) is 1.93. The molecule has 10 nitrogen and oxygen atoms in total. The van der Waals surface area contributed by atoms with Crippen molar-refractivity contribution >= 4 is 0 Å². The molecule has 0 spiro atoms. The number of rotatable bonds is 14. The summed E-state index contributed by atoms with van der Waals surface area (Å²) < 4.78 is 17.3. The highest BCUT2D eigenvalue weighted by Gasteiger charge is 2.45. The Kier molecular flexibility index (Phi) is 11.2. The SMILES string of the molecule is Cc1cc(OCCCCCCCO)ccc1Cc1c(O[C@@H]2O[C@H](CO)[C@@H](O)[C@H](O)[C@H]2O)n[nH]c1C(C)C. The largest absolute Gasteiger partial charge is 0.494 e. The van der Waals surface area contributed by atoms with E-state index < -0.39 is 37.3 Å². The number of ether oxygens (including phenoxy) is 3. The number of aliphatic hydroxyl groups is 5. The quantitative estimate of drug-likeness (QED) is 0.204. The van der Waals surface area contributed by atoms with Gasteiger partial charge in [-0.1, -0.05) is 39.2 Å². The molecule has 1 aliphatic heterocycles. The lowest BCUT2D eigenvalue weighted by atomic mass is 9.96. The number of hydrogen-bond donors (Lipinski definition) is 6. The van der Waals surface area contributed by atoms with Crippen LogP contribution in [0.4, 0.5) is 0 Å². The van der Waals surface area contributed by atoms with Crippen LogP contribution in [0, 0.1) is 6.92 Å². The van der Waals surface area contributed by atoms with E-state index in [9.17, 15) is 20.4 Å². The van der Waals surface area contributed by atoms with Crippen LogP contribution in [0.2, 0.25) is 0 Å². The molecule has 3 rings (SSSR count). The molecule has 10 heteroatoms. The average Bonchev–Trinajstić information content (AvgIpc) is 3.27. The van der Waals surface area contributed by atoms with Crippen molar-refractivity contribution in [3.63, 3.8) is 0 Å². The van der Waals surface area contributed by atoms with Crippen LogP contribution >= 0.6 is 0 Å². The summed E-state index contributed by atoms with van der Waals surface area (Å²) in [6, 6.07) is 5.97. The van der Waals surface area contributed by atoms with E-state index in [4.69, 9.17) is 19.3 Å². The maximum Gasteiger partial charge on any atom is 0.238 e. The molecule has 0 aliphatic carbocycles. The number of H-pyrrole nitrogens is 1. The van der Waals surface area contributed by atoms with Gasteiger partial charge in [0.25, 0.3) is 0 Å². The van der Waals surface area contributed by atoms with Crippen LogP contribution in [0.15, 0.2) is 18.2 Å². The Morgan fingerprint density at radius 2 is 1.73 bits per heavy atom. The molecule has 0 saturated carbocycles. The van der Waals surface area contributed by atoms with Crippen molar-refractivity contribution < 1.29 is 39.7 Å². The molecule has 1 aliphatic rings. The fourth-order valence-corrected chi connectivity index (χ4v) is 4.46. The molecule has 0 radical (unpaired) electrons. The molecule has 0 unspecified atom stereocenters. The van der Waals surface area contributed by atoms with Gasteiger partial charge in [0, 0.05) is 24.3 Å². The number of aromatic nitrogens is 2. The molecule has 208 valence electrons. The lowest BCUT2D eigenvalue weighted by Crippen LogP contribution is -2.60. The van der Waals surface area contributed by atoms with Crippen LogP contribution in [0.1, 0.15) is 74.3 Å². The summed E-state index contributed by atoms with van der Waals surface area (Å²) in [5, 5.41) is 56.2. The number of benzene rings is 1. The Bertz CT molecular complexity index is 964. The fourth-order valence-electron chi connectivity index (χ4n) is 4.46. The number of nitrogens with one attached hydrogen (secondary N) is 1. The molecule has 2 aromatic rings. The minimum atomic E-state index is -1.53. The fraction of sp³-hybridized carbons (Fsp3) is 0.667. The Morgan fingerprint density at radius 1 is 1.00 bits per heavy atom. The van der Waals surface area contributed by atoms with Gasteiger partial charge in [0.2, 0.25) is 12.2 Å². The normalized spacial score (nSPS) is 24.0. The summed E-state index contributed by atoms with van der Waals surface area (Å²) in [7, 11) is 0. The predicted molar refractivity (Wildman–Crippen MR) is 137 cm³/mol. The van der Waals surface area contributed by atoms with Gasteiger partial charge in [0.15, 0.2) is 0 Å². The second-order valence-corrected chi connectivity index (χ2v) is 10.00. The van der Waals surface area contributed by atoms with Crippen molar-refractivity contribution in [1.29, 1.82) is 0 Å². The molecular weight excluding hydrogens is 480 g/mol. The monoisotopic (exact) mass is 522 g/mol. The molecule has 37 heavy (non-hydrogen) atoms. The van der Waals surface area contributed by atoms with Crippen molar-refractivity contribution in [2.45, 2.75) is 95.9 Å². The number of aliphatic hydroxyl groups excluding tert-OH is 5. The molecule has 6 N–H and O–H groups in total. The van der Waals surface area contributed by atoms with Gasteiger partial charge in [-0.3, -0.25) is 5.10 Å². The first kappa shape index (κ1) is 29.3. The minimum Gasteiger partial charge on any atom is -0.494 e. The van der Waals surface area contributed by atoms with E-state index >= 15 is 0 Å². The number of hydrogen-bond acceptors (Lipinski definition) is 9. The zero-order valence-corrected chi connectivity index (χ0v) is 22.0. The number of unbranched alkanes of at least 4 members (excludes halogenated alkanes) is 4. The third-order valence-corrected chi connectivity index (χ3v) is 6.77. The molecule has 5 atom stereocenters. The third-order valence-electron chi connectivity index (χ3n) is 6.77. The minimum absolute atomic E-state index is 0.120. The van der Waals surface area contributed by atoms with Crippen molar-refractivity contribution in [3.05, 3.63) is 40.6 Å². The van der Waals surface area contributed by atoms with Crippen LogP contribution < -0.4 is 9.47 Å². The van der Waals surface area contributed by atoms with E-state index in [0.717, 1.165) is 60.2 Å². The Hall–Kier alpha value is -2.21. The third kappa shape index (κ3) is 7.66. The van der Waals surface area contributed by atoms with Crippen LogP contribution in [0.5, 0.6) is 11.6 Å². The maximum atomic E-state index is 10.4. The van der Waals surface area contributed by atoms with Crippen LogP contribution in [-0.2, 0) is 11.2 Å². The lowest BCUT2D eigenvalue weighted by Gasteiger charge is -2.39. The van der Waals surface area contributed by atoms with Crippen LogP contribution in [0.25, 0.3) is 0 Å². The average molecular weight is 523 g/mol. The van der Waals surface area contributed by atoms with E-state index in [1.54, 1.807) is 0 Å². The maximum absolute atomic E-state index is 10.4. The number of aromatic amines is 1. The zero-order chi connectivity index (χ0) is 26.9. The summed E-state index contributed by atoms with van der Waals surface area (Å²) in [5.74, 6) is 1.16. The zero-order valence-electron chi connectivity index (χ0n) is 22.0. The van der Waals surface area contributed by atoms with Gasteiger partial charge in [-0.15, -0.1) is 5.10 Å². The van der Waals surface area contributed by atoms with E-state index in [1.807, 2.05) is 39.0 Å². The molecule has 1 aromatic carbocycles. The number of nitrogens with zero attached hydrogens (tertiary/aromatic N) is 1. The highest BCUT2D eigenvalue weighted by molar-refractivity contribution is 5.42. The molecular formula is C27H42N2O8. The summed E-state index contributed by atoms with van der Waals surface area (Å²) in [4.78, 5) is 0. The Morgan fingerprint density at radius 3 is 2.41 bits per heavy atom. The van der Waals surface area contributed by atoms with Crippen LogP contribution in [0.3, 0.4) is 0 Å². The van der Waals surface area contributed by atoms with E-state index in [1.165, 1.54) is 0 Å². The van der Waals surface area contributed by atoms with Gasteiger partial charge in [-0.05, 0) is 48.9 Å².